The number of halogens is 12. The van der Waals surface area contributed by atoms with Gasteiger partial charge in [0.1, 0.15) is 0 Å². The normalized spacial score (nSPS) is 23.8. The fourth-order valence-corrected chi connectivity index (χ4v) is 3.97. The first-order valence-corrected chi connectivity index (χ1v) is 7.70. The van der Waals surface area contributed by atoms with Gasteiger partial charge in [-0.05, 0) is 19.3 Å². The number of alkyl halides is 12. The molecule has 1 saturated carbocycles. The molecule has 0 saturated heterocycles. The Morgan fingerprint density at radius 3 is 0.964 bits per heavy atom. The van der Waals surface area contributed by atoms with Gasteiger partial charge in [0.2, 0.25) is 0 Å². The van der Waals surface area contributed by atoms with Crippen molar-refractivity contribution >= 4 is 0 Å². The van der Waals surface area contributed by atoms with Gasteiger partial charge in [0.25, 0.3) is 11.2 Å². The zero-order valence-corrected chi connectivity index (χ0v) is 14.3. The minimum atomic E-state index is -6.13. The zero-order chi connectivity index (χ0) is 22.4. The number of ether oxygens (including phenoxy) is 2. The van der Waals surface area contributed by atoms with Crippen molar-refractivity contribution < 1.29 is 62.2 Å². The first-order chi connectivity index (χ1) is 12.3. The van der Waals surface area contributed by atoms with E-state index in [-0.39, 0.29) is 14.2 Å². The Labute approximate surface area is 151 Å². The highest BCUT2D eigenvalue weighted by Gasteiger charge is 2.79. The van der Waals surface area contributed by atoms with Crippen LogP contribution in [0.1, 0.15) is 25.7 Å². The Balaban J connectivity index is 3.55. The fourth-order valence-electron chi connectivity index (χ4n) is 3.97. The molecule has 28 heavy (non-hydrogen) atoms. The molecule has 0 radical (unpaired) electrons. The van der Waals surface area contributed by atoms with Crippen molar-refractivity contribution in [3.63, 3.8) is 0 Å². The second kappa shape index (κ2) is 7.40. The van der Waals surface area contributed by atoms with Crippen LogP contribution < -0.4 is 0 Å². The summed E-state index contributed by atoms with van der Waals surface area (Å²) < 4.78 is 167. The summed E-state index contributed by atoms with van der Waals surface area (Å²) in [5.41, 5.74) is -9.81. The van der Waals surface area contributed by atoms with Gasteiger partial charge in [-0.25, -0.2) is 0 Å². The molecule has 0 N–H and O–H groups in total. The molecule has 0 spiro atoms. The molecule has 0 heterocycles. The highest BCUT2D eigenvalue weighted by Crippen LogP contribution is 2.59. The molecular formula is C14H16F12O2. The third-order valence-electron chi connectivity index (χ3n) is 5.15. The SMILES string of the molecule is COC(C1CCC[C@@H](C(OC)(C(F)(F)F)C(F)(F)F)C1)(C(F)(F)F)C(F)(F)F. The van der Waals surface area contributed by atoms with E-state index in [9.17, 15) is 52.7 Å². The van der Waals surface area contributed by atoms with Crippen LogP contribution in [0.25, 0.3) is 0 Å². The number of hydrogen-bond donors (Lipinski definition) is 0. The van der Waals surface area contributed by atoms with Gasteiger partial charge in [0, 0.05) is 26.1 Å². The Bertz CT molecular complexity index is 456. The molecule has 0 bridgehead atoms. The van der Waals surface area contributed by atoms with Crippen LogP contribution >= 0.6 is 0 Å². The summed E-state index contributed by atoms with van der Waals surface area (Å²) in [6, 6.07) is 0. The van der Waals surface area contributed by atoms with Crippen molar-refractivity contribution in [1.82, 2.24) is 0 Å². The van der Waals surface area contributed by atoms with Crippen molar-refractivity contribution in [2.75, 3.05) is 14.2 Å². The molecular weight excluding hydrogens is 428 g/mol. The van der Waals surface area contributed by atoms with Crippen molar-refractivity contribution in [2.24, 2.45) is 11.8 Å². The van der Waals surface area contributed by atoms with Crippen molar-refractivity contribution in [1.29, 1.82) is 0 Å². The minimum Gasteiger partial charge on any atom is -0.361 e. The van der Waals surface area contributed by atoms with Crippen LogP contribution in [0.3, 0.4) is 0 Å². The van der Waals surface area contributed by atoms with E-state index in [0.29, 0.717) is 0 Å². The molecule has 1 aliphatic rings. The summed E-state index contributed by atoms with van der Waals surface area (Å²) >= 11 is 0. The van der Waals surface area contributed by atoms with Crippen LogP contribution in [-0.4, -0.2) is 50.1 Å². The van der Waals surface area contributed by atoms with E-state index < -0.39 is 73.4 Å². The fraction of sp³-hybridized carbons (Fsp3) is 1.00. The van der Waals surface area contributed by atoms with Gasteiger partial charge in [0.05, 0.1) is 0 Å². The first kappa shape index (κ1) is 25.1. The van der Waals surface area contributed by atoms with E-state index in [0.717, 1.165) is 0 Å². The standard InChI is InChI=1S/C14H16F12O2/c1-27-9(11(15,16)17,12(18,19)20)7-4-3-5-8(6-7)10(28-2,13(21,22)23)14(24,25)26/h7-8H,3-6H2,1-2H3/t7-,8?/m1/s1. The van der Waals surface area contributed by atoms with E-state index in [1.807, 2.05) is 0 Å². The van der Waals surface area contributed by atoms with E-state index in [2.05, 4.69) is 9.47 Å². The molecule has 0 aliphatic heterocycles. The minimum absolute atomic E-state index is 0.0572. The highest BCUT2D eigenvalue weighted by molar-refractivity contribution is 5.08. The Morgan fingerprint density at radius 2 is 0.786 bits per heavy atom. The summed E-state index contributed by atoms with van der Waals surface area (Å²) in [6.07, 6.45) is -28.8. The Kier molecular flexibility index (Phi) is 6.64. The maximum atomic E-state index is 13.3. The average Bonchev–Trinajstić information content (AvgIpc) is 2.44. The molecule has 0 aromatic rings. The predicted octanol–water partition coefficient (Wildman–Crippen LogP) is 5.81. The predicted molar refractivity (Wildman–Crippen MR) is 69.1 cm³/mol. The lowest BCUT2D eigenvalue weighted by Crippen LogP contribution is -2.67. The third-order valence-corrected chi connectivity index (χ3v) is 5.15. The zero-order valence-electron chi connectivity index (χ0n) is 14.3. The largest absolute Gasteiger partial charge is 0.426 e. The monoisotopic (exact) mass is 444 g/mol. The van der Waals surface area contributed by atoms with Crippen LogP contribution in [0, 0.1) is 11.8 Å². The second-order valence-electron chi connectivity index (χ2n) is 6.43. The van der Waals surface area contributed by atoms with Crippen molar-refractivity contribution in [3.8, 4) is 0 Å². The number of methoxy groups -OCH3 is 2. The van der Waals surface area contributed by atoms with Gasteiger partial charge >= 0.3 is 24.7 Å². The van der Waals surface area contributed by atoms with Crippen LogP contribution in [0.2, 0.25) is 0 Å². The van der Waals surface area contributed by atoms with Gasteiger partial charge < -0.3 is 9.47 Å². The third kappa shape index (κ3) is 3.65. The van der Waals surface area contributed by atoms with Crippen LogP contribution in [0.5, 0.6) is 0 Å². The second-order valence-corrected chi connectivity index (χ2v) is 6.43. The molecule has 2 atom stereocenters. The Hall–Kier alpha value is -0.920. The van der Waals surface area contributed by atoms with Crippen LogP contribution in [-0.2, 0) is 9.47 Å². The maximum absolute atomic E-state index is 13.3. The van der Waals surface area contributed by atoms with Gasteiger partial charge in [-0.3, -0.25) is 0 Å². The quantitative estimate of drug-likeness (QED) is 0.510. The first-order valence-electron chi connectivity index (χ1n) is 7.70. The summed E-state index contributed by atoms with van der Waals surface area (Å²) in [7, 11) is 0.114. The lowest BCUT2D eigenvalue weighted by atomic mass is 9.66. The smallest absolute Gasteiger partial charge is 0.361 e. The van der Waals surface area contributed by atoms with Crippen molar-refractivity contribution in [3.05, 3.63) is 0 Å². The molecule has 2 nitrogen and oxygen atoms in total. The highest BCUT2D eigenvalue weighted by atomic mass is 19.4. The van der Waals surface area contributed by atoms with E-state index in [1.165, 1.54) is 0 Å². The molecule has 1 aliphatic carbocycles. The van der Waals surface area contributed by atoms with Crippen LogP contribution in [0.4, 0.5) is 52.7 Å². The van der Waals surface area contributed by atoms with Gasteiger partial charge in [-0.1, -0.05) is 6.42 Å². The van der Waals surface area contributed by atoms with E-state index in [1.54, 1.807) is 0 Å². The molecule has 14 heteroatoms. The molecule has 1 unspecified atom stereocenters. The van der Waals surface area contributed by atoms with Gasteiger partial charge in [-0.15, -0.1) is 0 Å². The lowest BCUT2D eigenvalue weighted by Gasteiger charge is -2.49. The number of rotatable bonds is 4. The molecule has 1 fully saturated rings. The molecule has 1 rings (SSSR count). The van der Waals surface area contributed by atoms with E-state index >= 15 is 0 Å². The average molecular weight is 444 g/mol. The Morgan fingerprint density at radius 1 is 0.536 bits per heavy atom. The topological polar surface area (TPSA) is 18.5 Å². The molecule has 0 aromatic carbocycles. The molecule has 168 valence electrons. The summed E-state index contributed by atoms with van der Waals surface area (Å²) in [5, 5.41) is 0. The maximum Gasteiger partial charge on any atom is 0.426 e. The number of hydrogen-bond acceptors (Lipinski definition) is 2. The lowest BCUT2D eigenvalue weighted by molar-refractivity contribution is -0.409. The summed E-state index contributed by atoms with van der Waals surface area (Å²) in [5.74, 6) is -5.45. The van der Waals surface area contributed by atoms with E-state index in [4.69, 9.17) is 0 Å². The van der Waals surface area contributed by atoms with Crippen molar-refractivity contribution in [2.45, 2.75) is 61.6 Å². The summed E-state index contributed by atoms with van der Waals surface area (Å²) in [4.78, 5) is 0. The molecule has 0 aromatic heterocycles. The molecule has 0 amide bonds. The van der Waals surface area contributed by atoms with Gasteiger partial charge in [0.15, 0.2) is 0 Å². The van der Waals surface area contributed by atoms with Gasteiger partial charge in [-0.2, -0.15) is 52.7 Å². The summed E-state index contributed by atoms with van der Waals surface area (Å²) in [6.45, 7) is 0. The van der Waals surface area contributed by atoms with Crippen LogP contribution in [0.15, 0.2) is 0 Å².